The summed E-state index contributed by atoms with van der Waals surface area (Å²) in [6.07, 6.45) is 4.59. The number of methoxy groups -OCH3 is 1. The molecule has 1 N–H and O–H groups in total. The van der Waals surface area contributed by atoms with Crippen LogP contribution in [-0.2, 0) is 6.54 Å². The number of hydrogen-bond acceptors (Lipinski definition) is 4. The predicted octanol–water partition coefficient (Wildman–Crippen LogP) is 2.03. The summed E-state index contributed by atoms with van der Waals surface area (Å²) in [5.74, 6) is 0.626. The lowest BCUT2D eigenvalue weighted by Crippen LogP contribution is -2.18. The monoisotopic (exact) mass is 274 g/mol. The van der Waals surface area contributed by atoms with Crippen molar-refractivity contribution in [2.75, 3.05) is 26.5 Å². The molecule has 2 aromatic rings. The fourth-order valence-corrected chi connectivity index (χ4v) is 1.88. The van der Waals surface area contributed by atoms with Gasteiger partial charge in [0.1, 0.15) is 12.1 Å². The number of anilines is 1. The van der Waals surface area contributed by atoms with Crippen molar-refractivity contribution in [1.82, 2.24) is 14.5 Å². The normalized spacial score (nSPS) is 10.6. The van der Waals surface area contributed by atoms with Gasteiger partial charge in [0.15, 0.2) is 0 Å². The standard InChI is InChI=1S/C14H18N4O2/c1-17(2)9-11-4-5-13(20-3)12(8-11)16-14(19)18-7-6-15-10-18/h4-8,10H,9H2,1-3H3,(H,16,19). The third-order valence-corrected chi connectivity index (χ3v) is 2.74. The third kappa shape index (κ3) is 3.36. The first-order chi connectivity index (χ1) is 9.60. The SMILES string of the molecule is COc1ccc(CN(C)C)cc1NC(=O)n1ccnc1. The summed E-state index contributed by atoms with van der Waals surface area (Å²) in [4.78, 5) is 17.9. The van der Waals surface area contributed by atoms with Crippen LogP contribution in [-0.4, -0.2) is 41.7 Å². The van der Waals surface area contributed by atoms with Crippen LogP contribution in [0.2, 0.25) is 0 Å². The van der Waals surface area contributed by atoms with Crippen molar-refractivity contribution in [2.24, 2.45) is 0 Å². The Morgan fingerprint density at radius 1 is 1.45 bits per heavy atom. The largest absolute Gasteiger partial charge is 0.495 e. The van der Waals surface area contributed by atoms with Crippen molar-refractivity contribution in [3.8, 4) is 5.75 Å². The van der Waals surface area contributed by atoms with Crippen LogP contribution in [0.15, 0.2) is 36.9 Å². The van der Waals surface area contributed by atoms with Gasteiger partial charge in [0.05, 0.1) is 12.8 Å². The molecular weight excluding hydrogens is 256 g/mol. The Labute approximate surface area is 118 Å². The van der Waals surface area contributed by atoms with Crippen LogP contribution in [0, 0.1) is 0 Å². The van der Waals surface area contributed by atoms with E-state index in [2.05, 4.69) is 15.2 Å². The second-order valence-electron chi connectivity index (χ2n) is 4.67. The van der Waals surface area contributed by atoms with Crippen molar-refractivity contribution < 1.29 is 9.53 Å². The highest BCUT2D eigenvalue weighted by Gasteiger charge is 2.10. The number of hydrogen-bond donors (Lipinski definition) is 1. The van der Waals surface area contributed by atoms with Crippen LogP contribution in [0.3, 0.4) is 0 Å². The number of carbonyl (C=O) groups excluding carboxylic acids is 1. The lowest BCUT2D eigenvalue weighted by Gasteiger charge is -2.14. The number of rotatable bonds is 4. The fraction of sp³-hybridized carbons (Fsp3) is 0.286. The number of nitrogens with zero attached hydrogens (tertiary/aromatic N) is 3. The minimum absolute atomic E-state index is 0.275. The Kier molecular flexibility index (Phi) is 4.37. The van der Waals surface area contributed by atoms with Gasteiger partial charge in [-0.15, -0.1) is 0 Å². The number of imidazole rings is 1. The third-order valence-electron chi connectivity index (χ3n) is 2.74. The maximum atomic E-state index is 12.0. The highest BCUT2D eigenvalue weighted by molar-refractivity contribution is 5.92. The Hall–Kier alpha value is -2.34. The van der Waals surface area contributed by atoms with Gasteiger partial charge in [-0.25, -0.2) is 9.78 Å². The first-order valence-electron chi connectivity index (χ1n) is 6.21. The zero-order valence-corrected chi connectivity index (χ0v) is 11.8. The molecular formula is C14H18N4O2. The number of amides is 1. The summed E-state index contributed by atoms with van der Waals surface area (Å²) in [6.45, 7) is 0.790. The molecule has 0 spiro atoms. The number of benzene rings is 1. The number of carbonyl (C=O) groups is 1. The number of ether oxygens (including phenoxy) is 1. The molecule has 0 bridgehead atoms. The van der Waals surface area contributed by atoms with Crippen LogP contribution < -0.4 is 10.1 Å². The van der Waals surface area contributed by atoms with Crippen LogP contribution in [0.25, 0.3) is 0 Å². The van der Waals surface area contributed by atoms with Gasteiger partial charge < -0.3 is 15.0 Å². The maximum Gasteiger partial charge on any atom is 0.331 e. The van der Waals surface area contributed by atoms with E-state index in [1.165, 1.54) is 10.9 Å². The second-order valence-corrected chi connectivity index (χ2v) is 4.67. The van der Waals surface area contributed by atoms with E-state index in [0.29, 0.717) is 11.4 Å². The Balaban J connectivity index is 2.22. The first kappa shape index (κ1) is 14.1. The molecule has 6 heteroatoms. The minimum Gasteiger partial charge on any atom is -0.495 e. The van der Waals surface area contributed by atoms with Crippen molar-refractivity contribution in [1.29, 1.82) is 0 Å². The second kappa shape index (κ2) is 6.21. The fourth-order valence-electron chi connectivity index (χ4n) is 1.88. The summed E-state index contributed by atoms with van der Waals surface area (Å²) >= 11 is 0. The van der Waals surface area contributed by atoms with E-state index in [1.54, 1.807) is 19.5 Å². The van der Waals surface area contributed by atoms with E-state index in [9.17, 15) is 4.79 Å². The van der Waals surface area contributed by atoms with Crippen molar-refractivity contribution >= 4 is 11.7 Å². The summed E-state index contributed by atoms with van der Waals surface area (Å²) in [7, 11) is 5.57. The Morgan fingerprint density at radius 3 is 2.85 bits per heavy atom. The molecule has 0 aliphatic rings. The van der Waals surface area contributed by atoms with E-state index in [4.69, 9.17) is 4.74 Å². The van der Waals surface area contributed by atoms with Gasteiger partial charge in [0, 0.05) is 18.9 Å². The molecule has 1 aromatic heterocycles. The Morgan fingerprint density at radius 2 is 2.25 bits per heavy atom. The zero-order valence-electron chi connectivity index (χ0n) is 11.8. The average Bonchev–Trinajstić information content (AvgIpc) is 2.92. The molecule has 0 saturated heterocycles. The molecule has 0 atom stereocenters. The van der Waals surface area contributed by atoms with Crippen LogP contribution >= 0.6 is 0 Å². The lowest BCUT2D eigenvalue weighted by molar-refractivity contribution is 0.253. The minimum atomic E-state index is -0.275. The molecule has 0 aliphatic carbocycles. The van der Waals surface area contributed by atoms with E-state index in [0.717, 1.165) is 12.1 Å². The molecule has 0 aliphatic heterocycles. The molecule has 0 saturated carbocycles. The van der Waals surface area contributed by atoms with Gasteiger partial charge in [0.2, 0.25) is 0 Å². The zero-order chi connectivity index (χ0) is 14.5. The van der Waals surface area contributed by atoms with E-state index in [1.807, 2.05) is 32.3 Å². The van der Waals surface area contributed by atoms with Crippen LogP contribution in [0.5, 0.6) is 5.75 Å². The molecule has 0 radical (unpaired) electrons. The van der Waals surface area contributed by atoms with Crippen molar-refractivity contribution in [2.45, 2.75) is 6.54 Å². The molecule has 1 amide bonds. The average molecular weight is 274 g/mol. The van der Waals surface area contributed by atoms with Gasteiger partial charge in [-0.05, 0) is 31.8 Å². The van der Waals surface area contributed by atoms with Crippen LogP contribution in [0.4, 0.5) is 10.5 Å². The highest BCUT2D eigenvalue weighted by Crippen LogP contribution is 2.26. The summed E-state index contributed by atoms with van der Waals surface area (Å²) in [5.41, 5.74) is 1.74. The summed E-state index contributed by atoms with van der Waals surface area (Å²) in [5, 5.41) is 2.82. The molecule has 6 nitrogen and oxygen atoms in total. The van der Waals surface area contributed by atoms with Crippen molar-refractivity contribution in [3.63, 3.8) is 0 Å². The highest BCUT2D eigenvalue weighted by atomic mass is 16.5. The lowest BCUT2D eigenvalue weighted by atomic mass is 10.1. The quantitative estimate of drug-likeness (QED) is 0.926. The maximum absolute atomic E-state index is 12.0. The van der Waals surface area contributed by atoms with Gasteiger partial charge in [0.25, 0.3) is 0 Å². The summed E-state index contributed by atoms with van der Waals surface area (Å²) in [6, 6.07) is 5.46. The smallest absolute Gasteiger partial charge is 0.331 e. The molecule has 2 rings (SSSR count). The van der Waals surface area contributed by atoms with Gasteiger partial charge in [-0.2, -0.15) is 0 Å². The molecule has 1 heterocycles. The van der Waals surface area contributed by atoms with E-state index < -0.39 is 0 Å². The molecule has 0 fully saturated rings. The van der Waals surface area contributed by atoms with Gasteiger partial charge in [-0.3, -0.25) is 4.57 Å². The van der Waals surface area contributed by atoms with Crippen molar-refractivity contribution in [3.05, 3.63) is 42.5 Å². The molecule has 106 valence electrons. The first-order valence-corrected chi connectivity index (χ1v) is 6.21. The molecule has 20 heavy (non-hydrogen) atoms. The topological polar surface area (TPSA) is 59.4 Å². The molecule has 0 unspecified atom stereocenters. The number of aromatic nitrogens is 2. The van der Waals surface area contributed by atoms with Gasteiger partial charge >= 0.3 is 6.03 Å². The van der Waals surface area contributed by atoms with Gasteiger partial charge in [-0.1, -0.05) is 6.07 Å². The number of nitrogens with one attached hydrogen (secondary N) is 1. The predicted molar refractivity (Wildman–Crippen MR) is 77.0 cm³/mol. The van der Waals surface area contributed by atoms with E-state index in [-0.39, 0.29) is 6.03 Å². The molecule has 1 aromatic carbocycles. The Bertz CT molecular complexity index is 579. The van der Waals surface area contributed by atoms with Crippen LogP contribution in [0.1, 0.15) is 5.56 Å². The van der Waals surface area contributed by atoms with E-state index >= 15 is 0 Å². The summed E-state index contributed by atoms with van der Waals surface area (Å²) < 4.78 is 6.64.